The number of nitrogens with two attached hydrogens (primary N) is 1. The first kappa shape index (κ1) is 11.4. The van der Waals surface area contributed by atoms with Crippen molar-refractivity contribution in [3.05, 3.63) is 42.0 Å². The van der Waals surface area contributed by atoms with E-state index in [1.807, 2.05) is 13.0 Å². The van der Waals surface area contributed by atoms with Crippen LogP contribution in [0.3, 0.4) is 0 Å². The second-order valence-electron chi connectivity index (χ2n) is 3.34. The lowest BCUT2D eigenvalue weighted by molar-refractivity contribution is 0.475. The van der Waals surface area contributed by atoms with Gasteiger partial charge in [-0.3, -0.25) is 0 Å². The topological polar surface area (TPSA) is 46.2 Å². The molecule has 1 unspecified atom stereocenters. The van der Waals surface area contributed by atoms with Crippen molar-refractivity contribution in [2.75, 3.05) is 0 Å². The molecule has 78 valence electrons. The van der Waals surface area contributed by atoms with Crippen molar-refractivity contribution in [3.8, 4) is 17.6 Å². The molecule has 2 nitrogen and oxygen atoms in total. The summed E-state index contributed by atoms with van der Waals surface area (Å²) in [5.41, 5.74) is 7.25. The number of phenols is 1. The Hall–Kier alpha value is -1.72. The fraction of sp³-hybridized carbons (Fsp3) is 0.231. The van der Waals surface area contributed by atoms with Crippen LogP contribution >= 0.6 is 0 Å². The second kappa shape index (κ2) is 5.23. The van der Waals surface area contributed by atoms with E-state index in [2.05, 4.69) is 18.4 Å². The van der Waals surface area contributed by atoms with Gasteiger partial charge >= 0.3 is 0 Å². The lowest BCUT2D eigenvalue weighted by atomic mass is 10.1. The number of aromatic hydroxyl groups is 1. The predicted molar refractivity (Wildman–Crippen MR) is 62.4 cm³/mol. The first-order valence-corrected chi connectivity index (χ1v) is 4.89. The van der Waals surface area contributed by atoms with Crippen LogP contribution in [0, 0.1) is 11.8 Å². The van der Waals surface area contributed by atoms with Gasteiger partial charge in [0.25, 0.3) is 0 Å². The molecular formula is C13H15NO. The van der Waals surface area contributed by atoms with Crippen LogP contribution < -0.4 is 5.73 Å². The molecule has 3 N–H and O–H groups in total. The molecule has 15 heavy (non-hydrogen) atoms. The maximum absolute atomic E-state index is 9.22. The highest BCUT2D eigenvalue weighted by Gasteiger charge is 1.99. The van der Waals surface area contributed by atoms with Gasteiger partial charge in [0.15, 0.2) is 0 Å². The zero-order valence-electron chi connectivity index (χ0n) is 8.83. The predicted octanol–water partition coefficient (Wildman–Crippen LogP) is 2.04. The summed E-state index contributed by atoms with van der Waals surface area (Å²) in [6.07, 6.45) is 0.827. The zero-order valence-corrected chi connectivity index (χ0v) is 8.83. The van der Waals surface area contributed by atoms with E-state index in [1.165, 1.54) is 0 Å². The molecular weight excluding hydrogens is 186 g/mol. The number of rotatable bonds is 2. The van der Waals surface area contributed by atoms with Crippen molar-refractivity contribution in [2.24, 2.45) is 5.73 Å². The first-order chi connectivity index (χ1) is 7.13. The van der Waals surface area contributed by atoms with Gasteiger partial charge in [-0.25, -0.2) is 0 Å². The van der Waals surface area contributed by atoms with E-state index in [1.54, 1.807) is 18.2 Å². The maximum Gasteiger partial charge on any atom is 0.116 e. The van der Waals surface area contributed by atoms with Gasteiger partial charge in [0.1, 0.15) is 5.75 Å². The second-order valence-corrected chi connectivity index (χ2v) is 3.34. The Morgan fingerprint density at radius 1 is 1.60 bits per heavy atom. The minimum atomic E-state index is -0.0743. The summed E-state index contributed by atoms with van der Waals surface area (Å²) in [4.78, 5) is 0. The molecule has 0 spiro atoms. The Labute approximate surface area is 90.4 Å². The van der Waals surface area contributed by atoms with E-state index in [0.29, 0.717) is 0 Å². The molecule has 1 aromatic carbocycles. The molecule has 0 heterocycles. The van der Waals surface area contributed by atoms with Crippen molar-refractivity contribution in [3.63, 3.8) is 0 Å². The van der Waals surface area contributed by atoms with Gasteiger partial charge in [-0.15, -0.1) is 0 Å². The van der Waals surface area contributed by atoms with Gasteiger partial charge in [0.05, 0.1) is 0 Å². The molecule has 0 aliphatic heterocycles. The van der Waals surface area contributed by atoms with Crippen LogP contribution in [-0.2, 0) is 0 Å². The van der Waals surface area contributed by atoms with Gasteiger partial charge in [-0.05, 0) is 24.6 Å². The van der Waals surface area contributed by atoms with Crippen molar-refractivity contribution >= 4 is 0 Å². The Morgan fingerprint density at radius 2 is 2.33 bits per heavy atom. The quantitative estimate of drug-likeness (QED) is 0.719. The van der Waals surface area contributed by atoms with Gasteiger partial charge in [-0.2, -0.15) is 0 Å². The van der Waals surface area contributed by atoms with E-state index < -0.39 is 0 Å². The van der Waals surface area contributed by atoms with Crippen molar-refractivity contribution in [1.29, 1.82) is 0 Å². The molecule has 0 saturated carbocycles. The molecule has 0 saturated heterocycles. The van der Waals surface area contributed by atoms with E-state index in [4.69, 9.17) is 5.73 Å². The van der Waals surface area contributed by atoms with Crippen molar-refractivity contribution < 1.29 is 5.11 Å². The Kier molecular flexibility index (Phi) is 3.96. The van der Waals surface area contributed by atoms with Crippen molar-refractivity contribution in [1.82, 2.24) is 0 Å². The molecule has 0 amide bonds. The molecule has 2 heteroatoms. The molecule has 1 rings (SSSR count). The van der Waals surface area contributed by atoms with Crippen LogP contribution in [0.5, 0.6) is 5.75 Å². The summed E-state index contributed by atoms with van der Waals surface area (Å²) in [7, 11) is 0. The van der Waals surface area contributed by atoms with Crippen molar-refractivity contribution in [2.45, 2.75) is 19.4 Å². The number of hydrogen-bond donors (Lipinski definition) is 2. The highest BCUT2D eigenvalue weighted by atomic mass is 16.3. The third kappa shape index (κ3) is 3.49. The Balaban J connectivity index is 2.78. The van der Waals surface area contributed by atoms with Gasteiger partial charge in [0.2, 0.25) is 0 Å². The molecule has 0 aromatic heterocycles. The SMILES string of the molecule is C=C(C#Cc1cccc(O)c1)C(N)CC. The number of benzene rings is 1. The summed E-state index contributed by atoms with van der Waals surface area (Å²) in [6.45, 7) is 5.79. The largest absolute Gasteiger partial charge is 0.508 e. The summed E-state index contributed by atoms with van der Waals surface area (Å²) >= 11 is 0. The number of phenolic OH excluding ortho intramolecular Hbond substituents is 1. The van der Waals surface area contributed by atoms with Gasteiger partial charge in [0, 0.05) is 17.2 Å². The van der Waals surface area contributed by atoms with Gasteiger partial charge < -0.3 is 10.8 Å². The molecule has 0 fully saturated rings. The molecule has 0 aliphatic rings. The maximum atomic E-state index is 9.22. The van der Waals surface area contributed by atoms with Crippen LogP contribution in [0.2, 0.25) is 0 Å². The summed E-state index contributed by atoms with van der Waals surface area (Å²) in [5, 5.41) is 9.22. The Morgan fingerprint density at radius 3 is 2.93 bits per heavy atom. The summed E-state index contributed by atoms with van der Waals surface area (Å²) < 4.78 is 0. The highest BCUT2D eigenvalue weighted by molar-refractivity contribution is 5.43. The average molecular weight is 201 g/mol. The smallest absolute Gasteiger partial charge is 0.116 e. The minimum absolute atomic E-state index is 0.0743. The van der Waals surface area contributed by atoms with Crippen LogP contribution in [0.4, 0.5) is 0 Å². The lowest BCUT2D eigenvalue weighted by Gasteiger charge is -2.04. The lowest BCUT2D eigenvalue weighted by Crippen LogP contribution is -2.19. The van der Waals surface area contributed by atoms with Crippen LogP contribution in [0.15, 0.2) is 36.4 Å². The molecule has 0 bridgehead atoms. The van der Waals surface area contributed by atoms with Crippen LogP contribution in [0.1, 0.15) is 18.9 Å². The summed E-state index contributed by atoms with van der Waals surface area (Å²) in [6, 6.07) is 6.73. The van der Waals surface area contributed by atoms with E-state index in [0.717, 1.165) is 17.6 Å². The average Bonchev–Trinajstić information content (AvgIpc) is 2.25. The summed E-state index contributed by atoms with van der Waals surface area (Å²) in [5.74, 6) is 6.02. The van der Waals surface area contributed by atoms with E-state index >= 15 is 0 Å². The third-order valence-corrected chi connectivity index (χ3v) is 2.10. The standard InChI is InChI=1S/C13H15NO/c1-3-13(14)10(2)7-8-11-5-4-6-12(15)9-11/h4-6,9,13,15H,2-3,14H2,1H3. The zero-order chi connectivity index (χ0) is 11.3. The normalized spacial score (nSPS) is 11.3. The first-order valence-electron chi connectivity index (χ1n) is 4.89. The van der Waals surface area contributed by atoms with E-state index in [-0.39, 0.29) is 11.8 Å². The Bertz CT molecular complexity index is 412. The fourth-order valence-corrected chi connectivity index (χ4v) is 1.08. The fourth-order valence-electron chi connectivity index (χ4n) is 1.08. The minimum Gasteiger partial charge on any atom is -0.508 e. The van der Waals surface area contributed by atoms with Crippen LogP contribution in [-0.4, -0.2) is 11.1 Å². The van der Waals surface area contributed by atoms with Crippen LogP contribution in [0.25, 0.3) is 0 Å². The molecule has 0 radical (unpaired) electrons. The van der Waals surface area contributed by atoms with E-state index in [9.17, 15) is 5.11 Å². The number of hydrogen-bond acceptors (Lipinski definition) is 2. The third-order valence-electron chi connectivity index (χ3n) is 2.10. The molecule has 1 aromatic rings. The monoisotopic (exact) mass is 201 g/mol. The molecule has 0 aliphatic carbocycles. The molecule has 1 atom stereocenters. The van der Waals surface area contributed by atoms with Gasteiger partial charge in [-0.1, -0.05) is 31.4 Å². The highest BCUT2D eigenvalue weighted by Crippen LogP contribution is 2.09.